The molecule has 32 heavy (non-hydrogen) atoms. The first-order valence-electron chi connectivity index (χ1n) is 8.91. The van der Waals surface area contributed by atoms with E-state index in [1.165, 1.54) is 59.5 Å². The van der Waals surface area contributed by atoms with Crippen LogP contribution in [-0.4, -0.2) is 21.8 Å². The van der Waals surface area contributed by atoms with E-state index < -0.39 is 18.4 Å². The highest BCUT2D eigenvalue weighted by Crippen LogP contribution is 2.33. The zero-order valence-corrected chi connectivity index (χ0v) is 17.5. The van der Waals surface area contributed by atoms with E-state index in [0.717, 1.165) is 12.1 Å². The van der Waals surface area contributed by atoms with E-state index in [0.29, 0.717) is 27.6 Å². The number of ether oxygens (including phenoxy) is 1. The minimum absolute atomic E-state index is 0.0187. The van der Waals surface area contributed by atoms with Gasteiger partial charge in [0.05, 0.1) is 11.3 Å². The van der Waals surface area contributed by atoms with Crippen molar-refractivity contribution >= 4 is 23.1 Å². The molecule has 0 aliphatic rings. The second kappa shape index (κ2) is 9.25. The maximum absolute atomic E-state index is 12.7. The molecule has 0 N–H and O–H groups in total. The smallest absolute Gasteiger partial charge is 0.416 e. The van der Waals surface area contributed by atoms with Crippen molar-refractivity contribution in [2.24, 2.45) is 0 Å². The number of nitrogens with zero attached hydrogens (tertiary/aromatic N) is 3. The standard InChI is InChI=1S/C20H12F5N3O2S2/c21-18(22)29-15-7-3-11(4-8-15)16-27-28-19(30-16)32-10-14-9-31-17(26-14)12-1-5-13(6-2-12)20(23,24)25/h1-9,18H,10H2. The van der Waals surface area contributed by atoms with Crippen LogP contribution in [0.4, 0.5) is 22.0 Å². The molecule has 0 saturated heterocycles. The van der Waals surface area contributed by atoms with E-state index in [9.17, 15) is 22.0 Å². The van der Waals surface area contributed by atoms with Crippen LogP contribution in [0.5, 0.6) is 5.75 Å². The summed E-state index contributed by atoms with van der Waals surface area (Å²) in [5, 5.41) is 10.6. The van der Waals surface area contributed by atoms with E-state index in [-0.39, 0.29) is 16.9 Å². The van der Waals surface area contributed by atoms with Gasteiger partial charge in [0, 0.05) is 22.3 Å². The lowest BCUT2D eigenvalue weighted by Crippen LogP contribution is -2.03. The Labute approximate surface area is 186 Å². The lowest BCUT2D eigenvalue weighted by atomic mass is 10.1. The van der Waals surface area contributed by atoms with Crippen molar-refractivity contribution in [2.75, 3.05) is 0 Å². The molecular weight excluding hydrogens is 473 g/mol. The van der Waals surface area contributed by atoms with Crippen molar-refractivity contribution in [1.29, 1.82) is 0 Å². The van der Waals surface area contributed by atoms with Crippen molar-refractivity contribution in [3.63, 3.8) is 0 Å². The number of halogens is 5. The first-order valence-corrected chi connectivity index (χ1v) is 10.8. The molecule has 12 heteroatoms. The van der Waals surface area contributed by atoms with Crippen LogP contribution in [0.2, 0.25) is 0 Å². The predicted molar refractivity (Wildman–Crippen MR) is 108 cm³/mol. The summed E-state index contributed by atoms with van der Waals surface area (Å²) < 4.78 is 72.4. The van der Waals surface area contributed by atoms with Gasteiger partial charge in [-0.3, -0.25) is 0 Å². The van der Waals surface area contributed by atoms with Gasteiger partial charge in [0.2, 0.25) is 5.89 Å². The summed E-state index contributed by atoms with van der Waals surface area (Å²) in [5.74, 6) is 0.657. The number of hydrogen-bond donors (Lipinski definition) is 0. The van der Waals surface area contributed by atoms with Crippen LogP contribution in [0.25, 0.3) is 22.0 Å². The lowest BCUT2D eigenvalue weighted by molar-refractivity contribution is -0.137. The fourth-order valence-corrected chi connectivity index (χ4v) is 4.19. The van der Waals surface area contributed by atoms with Crippen molar-refractivity contribution in [1.82, 2.24) is 15.2 Å². The van der Waals surface area contributed by atoms with Crippen LogP contribution in [-0.2, 0) is 11.9 Å². The quantitative estimate of drug-likeness (QED) is 0.213. The Morgan fingerprint density at radius 1 is 0.969 bits per heavy atom. The van der Waals surface area contributed by atoms with Crippen molar-refractivity contribution < 1.29 is 31.1 Å². The number of rotatable bonds is 7. The molecule has 0 radical (unpaired) electrons. The monoisotopic (exact) mass is 485 g/mol. The van der Waals surface area contributed by atoms with Crippen LogP contribution < -0.4 is 4.74 Å². The SMILES string of the molecule is FC(F)Oc1ccc(-c2nnc(SCc3csc(-c4ccc(C(F)(F)F)cc4)n3)o2)cc1. The third-order valence-corrected chi connectivity index (χ3v) is 5.88. The van der Waals surface area contributed by atoms with E-state index in [1.54, 1.807) is 5.38 Å². The van der Waals surface area contributed by atoms with E-state index in [2.05, 4.69) is 19.9 Å². The minimum atomic E-state index is -4.38. The molecule has 0 bridgehead atoms. The summed E-state index contributed by atoms with van der Waals surface area (Å²) in [5.41, 5.74) is 1.14. The fourth-order valence-electron chi connectivity index (χ4n) is 2.61. The Morgan fingerprint density at radius 2 is 1.66 bits per heavy atom. The number of hydrogen-bond acceptors (Lipinski definition) is 7. The second-order valence-corrected chi connectivity index (χ2v) is 8.07. The Morgan fingerprint density at radius 3 is 2.31 bits per heavy atom. The normalized spacial score (nSPS) is 11.8. The highest BCUT2D eigenvalue weighted by molar-refractivity contribution is 7.98. The second-order valence-electron chi connectivity index (χ2n) is 6.28. The minimum Gasteiger partial charge on any atom is -0.435 e. The number of thioether (sulfide) groups is 1. The maximum Gasteiger partial charge on any atom is 0.416 e. The predicted octanol–water partition coefficient (Wildman–Crippen LogP) is 6.77. The van der Waals surface area contributed by atoms with Gasteiger partial charge >= 0.3 is 12.8 Å². The Hall–Kier alpha value is -2.99. The molecule has 0 amide bonds. The first kappa shape index (κ1) is 22.2. The molecule has 166 valence electrons. The van der Waals surface area contributed by atoms with Crippen molar-refractivity contribution in [3.8, 4) is 27.8 Å². The molecule has 2 aromatic carbocycles. The topological polar surface area (TPSA) is 61.0 Å². The fraction of sp³-hybridized carbons (Fsp3) is 0.150. The largest absolute Gasteiger partial charge is 0.435 e. The molecule has 0 saturated carbocycles. The van der Waals surface area contributed by atoms with Crippen molar-refractivity contribution in [3.05, 3.63) is 65.2 Å². The summed E-state index contributed by atoms with van der Waals surface area (Å²) >= 11 is 2.57. The van der Waals surface area contributed by atoms with E-state index in [4.69, 9.17) is 4.42 Å². The van der Waals surface area contributed by atoms with Crippen LogP contribution in [0.3, 0.4) is 0 Å². The first-order chi connectivity index (χ1) is 15.3. The maximum atomic E-state index is 12.7. The average molecular weight is 485 g/mol. The molecule has 4 aromatic rings. The molecule has 2 aromatic heterocycles. The van der Waals surface area contributed by atoms with Gasteiger partial charge in [-0.05, 0) is 36.4 Å². The van der Waals surface area contributed by atoms with Gasteiger partial charge in [0.25, 0.3) is 5.22 Å². The molecule has 0 fully saturated rings. The van der Waals surface area contributed by atoms with Gasteiger partial charge in [0.15, 0.2) is 0 Å². The van der Waals surface area contributed by atoms with Gasteiger partial charge in [-0.2, -0.15) is 22.0 Å². The van der Waals surface area contributed by atoms with Crippen LogP contribution in [0.15, 0.2) is 63.6 Å². The molecule has 0 aliphatic heterocycles. The summed E-state index contributed by atoms with van der Waals surface area (Å²) in [4.78, 5) is 4.44. The highest BCUT2D eigenvalue weighted by Gasteiger charge is 2.30. The zero-order valence-electron chi connectivity index (χ0n) is 15.8. The Bertz CT molecular complexity index is 1180. The molecule has 2 heterocycles. The van der Waals surface area contributed by atoms with Gasteiger partial charge < -0.3 is 9.15 Å². The Kier molecular flexibility index (Phi) is 6.42. The third-order valence-electron chi connectivity index (χ3n) is 4.09. The Balaban J connectivity index is 1.37. The summed E-state index contributed by atoms with van der Waals surface area (Å²) in [6.07, 6.45) is -4.38. The lowest BCUT2D eigenvalue weighted by Gasteiger charge is -2.06. The number of alkyl halides is 5. The van der Waals surface area contributed by atoms with Crippen LogP contribution in [0.1, 0.15) is 11.3 Å². The van der Waals surface area contributed by atoms with Gasteiger partial charge in [-0.1, -0.05) is 23.9 Å². The molecule has 4 rings (SSSR count). The van der Waals surface area contributed by atoms with Gasteiger partial charge in [0.1, 0.15) is 10.8 Å². The molecule has 0 spiro atoms. The van der Waals surface area contributed by atoms with E-state index in [1.807, 2.05) is 0 Å². The van der Waals surface area contributed by atoms with Gasteiger partial charge in [-0.15, -0.1) is 21.5 Å². The van der Waals surface area contributed by atoms with Crippen molar-refractivity contribution in [2.45, 2.75) is 23.8 Å². The molecule has 0 unspecified atom stereocenters. The summed E-state index contributed by atoms with van der Waals surface area (Å²) in [6.45, 7) is -2.90. The summed E-state index contributed by atoms with van der Waals surface area (Å²) in [7, 11) is 0. The summed E-state index contributed by atoms with van der Waals surface area (Å²) in [6, 6.07) is 10.6. The molecule has 5 nitrogen and oxygen atoms in total. The van der Waals surface area contributed by atoms with E-state index >= 15 is 0 Å². The molecule has 0 atom stereocenters. The zero-order chi connectivity index (χ0) is 22.7. The van der Waals surface area contributed by atoms with Crippen LogP contribution >= 0.6 is 23.1 Å². The highest BCUT2D eigenvalue weighted by atomic mass is 32.2. The number of benzene rings is 2. The van der Waals surface area contributed by atoms with Crippen LogP contribution in [0, 0.1) is 0 Å². The average Bonchev–Trinajstić information content (AvgIpc) is 3.42. The number of thiazole rings is 1. The van der Waals surface area contributed by atoms with Gasteiger partial charge in [-0.25, -0.2) is 4.98 Å². The third kappa shape index (κ3) is 5.43. The number of aromatic nitrogens is 3. The molecule has 0 aliphatic carbocycles. The molecular formula is C20H12F5N3O2S2.